The summed E-state index contributed by atoms with van der Waals surface area (Å²) in [5.41, 5.74) is 3.45. The lowest BCUT2D eigenvalue weighted by atomic mass is 10.2. The van der Waals surface area contributed by atoms with Crippen molar-refractivity contribution in [3.05, 3.63) is 66.1 Å². The third-order valence-corrected chi connectivity index (χ3v) is 3.81. The molecule has 1 aromatic carbocycles. The quantitative estimate of drug-likeness (QED) is 0.770. The normalized spacial score (nSPS) is 12.7. The number of benzene rings is 1. The molecule has 21 heavy (non-hydrogen) atoms. The minimum absolute atomic E-state index is 0.352. The summed E-state index contributed by atoms with van der Waals surface area (Å²) in [7, 11) is 0. The second-order valence-corrected chi connectivity index (χ2v) is 5.34. The van der Waals surface area contributed by atoms with E-state index in [1.807, 2.05) is 12.1 Å². The first-order chi connectivity index (χ1) is 10.3. The molecule has 0 bridgehead atoms. The summed E-state index contributed by atoms with van der Waals surface area (Å²) in [6.45, 7) is 6.11. The average molecular weight is 279 g/mol. The van der Waals surface area contributed by atoms with Gasteiger partial charge in [0, 0.05) is 23.3 Å². The summed E-state index contributed by atoms with van der Waals surface area (Å²) in [6.07, 6.45) is 2.13. The van der Waals surface area contributed by atoms with Crippen molar-refractivity contribution in [1.29, 1.82) is 0 Å². The van der Waals surface area contributed by atoms with E-state index in [0.717, 1.165) is 24.3 Å². The van der Waals surface area contributed by atoms with Crippen LogP contribution in [0, 0.1) is 0 Å². The van der Waals surface area contributed by atoms with Crippen LogP contribution in [0.15, 0.2) is 54.7 Å². The van der Waals surface area contributed by atoms with Crippen molar-refractivity contribution in [3.8, 4) is 0 Å². The molecule has 0 saturated heterocycles. The molecule has 3 rings (SSSR count). The Balaban J connectivity index is 1.87. The molecule has 0 spiro atoms. The van der Waals surface area contributed by atoms with Crippen LogP contribution in [0.1, 0.15) is 31.3 Å². The summed E-state index contributed by atoms with van der Waals surface area (Å²) in [5.74, 6) is 0. The molecule has 3 aromatic rings. The molecule has 3 heteroatoms. The largest absolute Gasteiger partial charge is 0.344 e. The number of rotatable bonds is 5. The van der Waals surface area contributed by atoms with Crippen LogP contribution in [0.4, 0.5) is 0 Å². The number of nitrogens with one attached hydrogen (secondary N) is 1. The van der Waals surface area contributed by atoms with E-state index in [4.69, 9.17) is 4.98 Å². The lowest BCUT2D eigenvalue weighted by Gasteiger charge is -2.16. The Morgan fingerprint density at radius 1 is 1.10 bits per heavy atom. The molecule has 0 amide bonds. The fourth-order valence-corrected chi connectivity index (χ4v) is 2.75. The van der Waals surface area contributed by atoms with Gasteiger partial charge in [0.25, 0.3) is 0 Å². The van der Waals surface area contributed by atoms with Crippen molar-refractivity contribution >= 4 is 10.9 Å². The predicted molar refractivity (Wildman–Crippen MR) is 87.4 cm³/mol. The molecule has 1 atom stereocenters. The summed E-state index contributed by atoms with van der Waals surface area (Å²) < 4.78 is 2.27. The highest BCUT2D eigenvalue weighted by atomic mass is 15.0. The van der Waals surface area contributed by atoms with Crippen LogP contribution in [0.3, 0.4) is 0 Å². The number of pyridine rings is 1. The zero-order valence-corrected chi connectivity index (χ0v) is 12.6. The molecule has 1 N–H and O–H groups in total. The minimum Gasteiger partial charge on any atom is -0.344 e. The van der Waals surface area contributed by atoms with E-state index in [2.05, 4.69) is 66.3 Å². The molecule has 0 fully saturated rings. The van der Waals surface area contributed by atoms with Crippen molar-refractivity contribution in [1.82, 2.24) is 14.9 Å². The van der Waals surface area contributed by atoms with Crippen LogP contribution in [0.25, 0.3) is 10.9 Å². The zero-order valence-electron chi connectivity index (χ0n) is 12.6. The number of hydrogen-bond donors (Lipinski definition) is 1. The monoisotopic (exact) mass is 279 g/mol. The van der Waals surface area contributed by atoms with Crippen molar-refractivity contribution in [2.75, 3.05) is 6.54 Å². The molecule has 2 heterocycles. The van der Waals surface area contributed by atoms with E-state index in [0.29, 0.717) is 6.04 Å². The number of fused-ring (bicyclic) bond motifs is 1. The van der Waals surface area contributed by atoms with Gasteiger partial charge >= 0.3 is 0 Å². The van der Waals surface area contributed by atoms with E-state index in [9.17, 15) is 0 Å². The fraction of sp³-hybridized carbons (Fsp3) is 0.278. The minimum atomic E-state index is 0.352. The lowest BCUT2D eigenvalue weighted by molar-refractivity contribution is 0.552. The maximum atomic E-state index is 4.76. The first-order valence-electron chi connectivity index (χ1n) is 7.51. The summed E-state index contributed by atoms with van der Waals surface area (Å²) in [5, 5.41) is 4.65. The molecule has 0 aliphatic carbocycles. The first kappa shape index (κ1) is 13.8. The molecule has 2 aromatic heterocycles. The number of para-hydroxylation sites is 1. The Labute approximate surface area is 125 Å². The van der Waals surface area contributed by atoms with Crippen molar-refractivity contribution in [3.63, 3.8) is 0 Å². The highest BCUT2D eigenvalue weighted by molar-refractivity contribution is 5.78. The lowest BCUT2D eigenvalue weighted by Crippen LogP contribution is -2.21. The van der Waals surface area contributed by atoms with E-state index in [1.54, 1.807) is 0 Å². The maximum absolute atomic E-state index is 4.76. The number of aromatic nitrogens is 2. The predicted octanol–water partition coefficient (Wildman–Crippen LogP) is 3.76. The van der Waals surface area contributed by atoms with E-state index < -0.39 is 0 Å². The van der Waals surface area contributed by atoms with Gasteiger partial charge in [-0.2, -0.15) is 0 Å². The number of hydrogen-bond acceptors (Lipinski definition) is 2. The van der Waals surface area contributed by atoms with E-state index in [1.165, 1.54) is 11.1 Å². The Bertz CT molecular complexity index is 730. The highest BCUT2D eigenvalue weighted by Gasteiger charge is 2.09. The van der Waals surface area contributed by atoms with Gasteiger partial charge in [0.15, 0.2) is 0 Å². The highest BCUT2D eigenvalue weighted by Crippen LogP contribution is 2.17. The molecule has 1 unspecified atom stereocenters. The van der Waals surface area contributed by atoms with Gasteiger partial charge in [-0.05, 0) is 37.7 Å². The molecule has 0 radical (unpaired) electrons. The van der Waals surface area contributed by atoms with Crippen LogP contribution >= 0.6 is 0 Å². The van der Waals surface area contributed by atoms with E-state index >= 15 is 0 Å². The number of nitrogens with zero attached hydrogens (tertiary/aromatic N) is 2. The second kappa shape index (κ2) is 6.10. The molecule has 0 aliphatic heterocycles. The smallest absolute Gasteiger partial charge is 0.0706 e. The topological polar surface area (TPSA) is 29.9 Å². The molecule has 3 nitrogen and oxygen atoms in total. The second-order valence-electron chi connectivity index (χ2n) is 5.34. The van der Waals surface area contributed by atoms with Crippen LogP contribution in [0.5, 0.6) is 0 Å². The van der Waals surface area contributed by atoms with Gasteiger partial charge in [0.2, 0.25) is 0 Å². The van der Waals surface area contributed by atoms with Crippen LogP contribution < -0.4 is 5.32 Å². The van der Waals surface area contributed by atoms with Gasteiger partial charge in [0.05, 0.1) is 17.8 Å². The molecule has 108 valence electrons. The van der Waals surface area contributed by atoms with Gasteiger partial charge in [-0.3, -0.25) is 4.98 Å². The van der Waals surface area contributed by atoms with Crippen LogP contribution in [-0.2, 0) is 6.54 Å². The van der Waals surface area contributed by atoms with Gasteiger partial charge in [0.1, 0.15) is 0 Å². The first-order valence-corrected chi connectivity index (χ1v) is 7.51. The van der Waals surface area contributed by atoms with Crippen molar-refractivity contribution in [2.24, 2.45) is 0 Å². The Hall–Kier alpha value is -2.13. The molecule has 0 saturated carbocycles. The summed E-state index contributed by atoms with van der Waals surface area (Å²) >= 11 is 0. The fourth-order valence-electron chi connectivity index (χ4n) is 2.75. The summed E-state index contributed by atoms with van der Waals surface area (Å²) in [6, 6.07) is 17.1. The van der Waals surface area contributed by atoms with Crippen LogP contribution in [-0.4, -0.2) is 16.1 Å². The van der Waals surface area contributed by atoms with Crippen molar-refractivity contribution < 1.29 is 0 Å². The molecular weight excluding hydrogens is 258 g/mol. The van der Waals surface area contributed by atoms with Crippen molar-refractivity contribution in [2.45, 2.75) is 26.4 Å². The molecule has 0 aliphatic rings. The average Bonchev–Trinajstić information content (AvgIpc) is 2.95. The maximum Gasteiger partial charge on any atom is 0.0706 e. The van der Waals surface area contributed by atoms with Gasteiger partial charge < -0.3 is 9.88 Å². The third kappa shape index (κ3) is 2.98. The van der Waals surface area contributed by atoms with Crippen LogP contribution in [0.2, 0.25) is 0 Å². The van der Waals surface area contributed by atoms with Gasteiger partial charge in [-0.25, -0.2) is 0 Å². The summed E-state index contributed by atoms with van der Waals surface area (Å²) in [4.78, 5) is 4.76. The third-order valence-electron chi connectivity index (χ3n) is 3.81. The Morgan fingerprint density at radius 3 is 2.81 bits per heavy atom. The SMILES string of the molecule is CCNC(C)c1cccn1Cc1ccc2ccccc2n1. The van der Waals surface area contributed by atoms with Gasteiger partial charge in [-0.15, -0.1) is 0 Å². The molecular formula is C18H21N3. The standard InChI is InChI=1S/C18H21N3/c1-3-19-14(2)18-9-6-12-21(18)13-16-11-10-15-7-4-5-8-17(15)20-16/h4-12,14,19H,3,13H2,1-2H3. The Kier molecular flexibility index (Phi) is 4.02. The van der Waals surface area contributed by atoms with E-state index in [-0.39, 0.29) is 0 Å². The Morgan fingerprint density at radius 2 is 1.95 bits per heavy atom. The zero-order chi connectivity index (χ0) is 14.7. The van der Waals surface area contributed by atoms with Gasteiger partial charge in [-0.1, -0.05) is 31.2 Å².